The van der Waals surface area contributed by atoms with Crippen LogP contribution >= 0.6 is 0 Å². The topological polar surface area (TPSA) is 63.9 Å². The smallest absolute Gasteiger partial charge is 0.101 e. The Morgan fingerprint density at radius 1 is 1.73 bits per heavy atom. The summed E-state index contributed by atoms with van der Waals surface area (Å²) in [7, 11) is 0. The van der Waals surface area contributed by atoms with Crippen molar-refractivity contribution >= 4 is 5.97 Å². The van der Waals surface area contributed by atoms with Gasteiger partial charge >= 0.3 is 0 Å². The number of aliphatic carboxylic acids is 1. The Morgan fingerprint density at radius 2 is 2.36 bits per heavy atom. The molecule has 0 saturated carbocycles. The van der Waals surface area contributed by atoms with Gasteiger partial charge in [-0.3, -0.25) is 0 Å². The zero-order chi connectivity index (χ0) is 8.69. The minimum absolute atomic E-state index is 0.265. The van der Waals surface area contributed by atoms with Crippen LogP contribution in [0, 0.1) is 11.3 Å². The van der Waals surface area contributed by atoms with E-state index in [1.165, 1.54) is 6.08 Å². The number of unbranched alkanes of at least 4 members (excludes halogenated alkanes) is 2. The SMILES string of the molecule is CCCC/C=C(/C#N)C(=O)[O-]. The third-order valence-electron chi connectivity index (χ3n) is 1.25. The summed E-state index contributed by atoms with van der Waals surface area (Å²) < 4.78 is 0. The zero-order valence-electron chi connectivity index (χ0n) is 6.46. The monoisotopic (exact) mass is 152 g/mol. The molecule has 0 atom stereocenters. The van der Waals surface area contributed by atoms with Gasteiger partial charge in [0.2, 0.25) is 0 Å². The zero-order valence-corrected chi connectivity index (χ0v) is 6.46. The molecule has 0 aromatic carbocycles. The van der Waals surface area contributed by atoms with E-state index in [0.717, 1.165) is 12.8 Å². The molecule has 0 aliphatic carbocycles. The van der Waals surface area contributed by atoms with Gasteiger partial charge in [-0.25, -0.2) is 0 Å². The van der Waals surface area contributed by atoms with E-state index in [2.05, 4.69) is 0 Å². The van der Waals surface area contributed by atoms with Crippen LogP contribution in [0.15, 0.2) is 11.6 Å². The van der Waals surface area contributed by atoms with Crippen LogP contribution in [-0.2, 0) is 4.79 Å². The number of carbonyl (C=O) groups excluding carboxylic acids is 1. The molecule has 0 fully saturated rings. The van der Waals surface area contributed by atoms with E-state index in [4.69, 9.17) is 5.26 Å². The molecule has 0 spiro atoms. The second-order valence-electron chi connectivity index (χ2n) is 2.16. The molecule has 0 aromatic heterocycles. The quantitative estimate of drug-likeness (QED) is 0.332. The van der Waals surface area contributed by atoms with Gasteiger partial charge in [0.05, 0.1) is 11.5 Å². The average Bonchev–Trinajstić information content (AvgIpc) is 1.97. The Bertz CT molecular complexity index is 201. The third-order valence-corrected chi connectivity index (χ3v) is 1.25. The number of hydrogen-bond acceptors (Lipinski definition) is 3. The number of carboxylic acid groups (broad SMARTS) is 1. The Hall–Kier alpha value is -1.30. The summed E-state index contributed by atoms with van der Waals surface area (Å²) in [5, 5.41) is 18.4. The highest BCUT2D eigenvalue weighted by molar-refractivity contribution is 5.89. The number of allylic oxidation sites excluding steroid dienone is 1. The molecule has 0 bridgehead atoms. The molecule has 0 amide bonds. The lowest BCUT2D eigenvalue weighted by atomic mass is 10.2. The van der Waals surface area contributed by atoms with Crippen LogP contribution in [0.2, 0.25) is 0 Å². The summed E-state index contributed by atoms with van der Waals surface area (Å²) in [5.74, 6) is -1.39. The van der Waals surface area contributed by atoms with Crippen molar-refractivity contribution in [2.24, 2.45) is 0 Å². The van der Waals surface area contributed by atoms with E-state index in [1.54, 1.807) is 6.07 Å². The van der Waals surface area contributed by atoms with Gasteiger partial charge in [-0.1, -0.05) is 25.8 Å². The van der Waals surface area contributed by atoms with Crippen molar-refractivity contribution in [3.63, 3.8) is 0 Å². The molecule has 0 radical (unpaired) electrons. The van der Waals surface area contributed by atoms with Crippen molar-refractivity contribution in [3.8, 4) is 6.07 Å². The minimum Gasteiger partial charge on any atom is -0.544 e. The van der Waals surface area contributed by atoms with Gasteiger partial charge in [0.15, 0.2) is 0 Å². The van der Waals surface area contributed by atoms with Gasteiger partial charge < -0.3 is 9.90 Å². The maximum Gasteiger partial charge on any atom is 0.101 e. The lowest BCUT2D eigenvalue weighted by Crippen LogP contribution is -2.23. The van der Waals surface area contributed by atoms with Crippen molar-refractivity contribution in [1.29, 1.82) is 5.26 Å². The van der Waals surface area contributed by atoms with Crippen LogP contribution in [0.1, 0.15) is 26.2 Å². The van der Waals surface area contributed by atoms with Crippen LogP contribution in [-0.4, -0.2) is 5.97 Å². The van der Waals surface area contributed by atoms with Gasteiger partial charge in [0.25, 0.3) is 0 Å². The van der Waals surface area contributed by atoms with E-state index >= 15 is 0 Å². The predicted octanol–water partition coefficient (Wildman–Crippen LogP) is 0.376. The Labute approximate surface area is 66.0 Å². The largest absolute Gasteiger partial charge is 0.544 e. The van der Waals surface area contributed by atoms with Gasteiger partial charge in [0, 0.05) is 0 Å². The molecule has 0 aliphatic rings. The van der Waals surface area contributed by atoms with Gasteiger partial charge in [-0.05, 0) is 6.42 Å². The first kappa shape index (κ1) is 9.70. The molecule has 0 aliphatic heterocycles. The molecule has 11 heavy (non-hydrogen) atoms. The Balaban J connectivity index is 3.95. The van der Waals surface area contributed by atoms with E-state index in [1.807, 2.05) is 6.92 Å². The average molecular weight is 152 g/mol. The lowest BCUT2D eigenvalue weighted by molar-refractivity contribution is -0.298. The van der Waals surface area contributed by atoms with E-state index < -0.39 is 5.97 Å². The maximum atomic E-state index is 10.1. The first-order valence-corrected chi connectivity index (χ1v) is 3.54. The van der Waals surface area contributed by atoms with Crippen molar-refractivity contribution in [3.05, 3.63) is 11.6 Å². The Kier molecular flexibility index (Phi) is 4.83. The van der Waals surface area contributed by atoms with Crippen molar-refractivity contribution < 1.29 is 9.90 Å². The van der Waals surface area contributed by atoms with Gasteiger partial charge in [-0.15, -0.1) is 0 Å². The molecule has 0 heterocycles. The van der Waals surface area contributed by atoms with Crippen molar-refractivity contribution in [1.82, 2.24) is 0 Å². The molecule has 0 aromatic rings. The highest BCUT2D eigenvalue weighted by Gasteiger charge is 1.93. The first-order chi connectivity index (χ1) is 5.22. The number of rotatable bonds is 4. The second kappa shape index (κ2) is 5.48. The van der Waals surface area contributed by atoms with E-state index in [9.17, 15) is 9.90 Å². The lowest BCUT2D eigenvalue weighted by Gasteiger charge is -1.97. The van der Waals surface area contributed by atoms with Crippen LogP contribution in [0.4, 0.5) is 0 Å². The summed E-state index contributed by atoms with van der Waals surface area (Å²) in [6, 6.07) is 1.56. The summed E-state index contributed by atoms with van der Waals surface area (Å²) in [6.45, 7) is 2.00. The highest BCUT2D eigenvalue weighted by Crippen LogP contribution is 1.99. The fourth-order valence-electron chi connectivity index (χ4n) is 0.625. The molecule has 3 nitrogen and oxygen atoms in total. The fraction of sp³-hybridized carbons (Fsp3) is 0.500. The summed E-state index contributed by atoms with van der Waals surface area (Å²) >= 11 is 0. The molecule has 3 heteroatoms. The Morgan fingerprint density at radius 3 is 2.73 bits per heavy atom. The van der Waals surface area contributed by atoms with E-state index in [0.29, 0.717) is 6.42 Å². The summed E-state index contributed by atoms with van der Waals surface area (Å²) in [6.07, 6.45) is 3.92. The number of carbonyl (C=O) groups is 1. The molecule has 0 N–H and O–H groups in total. The molecule has 0 rings (SSSR count). The van der Waals surface area contributed by atoms with Crippen molar-refractivity contribution in [2.45, 2.75) is 26.2 Å². The number of carboxylic acids is 1. The van der Waals surface area contributed by atoms with Crippen LogP contribution in [0.25, 0.3) is 0 Å². The third kappa shape index (κ3) is 4.15. The molecule has 0 saturated heterocycles. The van der Waals surface area contributed by atoms with Crippen LogP contribution in [0.5, 0.6) is 0 Å². The molecular weight excluding hydrogens is 142 g/mol. The van der Waals surface area contributed by atoms with Crippen LogP contribution < -0.4 is 5.11 Å². The van der Waals surface area contributed by atoms with E-state index in [-0.39, 0.29) is 5.57 Å². The normalized spacial score (nSPS) is 10.7. The predicted molar refractivity (Wildman–Crippen MR) is 38.2 cm³/mol. The first-order valence-electron chi connectivity index (χ1n) is 3.54. The number of nitrogens with zero attached hydrogens (tertiary/aromatic N) is 1. The molecule has 0 unspecified atom stereocenters. The summed E-state index contributed by atoms with van der Waals surface area (Å²) in [5.41, 5.74) is -0.265. The summed E-state index contributed by atoms with van der Waals surface area (Å²) in [4.78, 5) is 10.1. The standard InChI is InChI=1S/C8H11NO2/c1-2-3-4-5-7(6-9)8(10)11/h5H,2-4H2,1H3,(H,10,11)/p-1/b7-5-. The van der Waals surface area contributed by atoms with Gasteiger partial charge in [-0.2, -0.15) is 5.26 Å². The number of nitriles is 1. The fourth-order valence-corrected chi connectivity index (χ4v) is 0.625. The van der Waals surface area contributed by atoms with Crippen LogP contribution in [0.3, 0.4) is 0 Å². The van der Waals surface area contributed by atoms with Crippen molar-refractivity contribution in [2.75, 3.05) is 0 Å². The second-order valence-corrected chi connectivity index (χ2v) is 2.16. The highest BCUT2D eigenvalue weighted by atomic mass is 16.4. The number of hydrogen-bond donors (Lipinski definition) is 0. The van der Waals surface area contributed by atoms with Gasteiger partial charge in [0.1, 0.15) is 6.07 Å². The minimum atomic E-state index is -1.39. The molecular formula is C8H10NO2-. The maximum absolute atomic E-state index is 10.1. The molecule has 60 valence electrons.